The van der Waals surface area contributed by atoms with E-state index in [0.29, 0.717) is 6.04 Å². The number of carbonyl (C=O) groups is 1. The number of likely N-dealkylation sites (N-methyl/N-ethyl adjacent to an activating group) is 1. The van der Waals surface area contributed by atoms with Crippen molar-refractivity contribution in [2.75, 3.05) is 7.05 Å². The summed E-state index contributed by atoms with van der Waals surface area (Å²) in [6.07, 6.45) is 9.79. The summed E-state index contributed by atoms with van der Waals surface area (Å²) in [6, 6.07) is 0.317. The van der Waals surface area contributed by atoms with E-state index in [2.05, 4.69) is 36.2 Å². The molecule has 96 valence electrons. The number of carbonyl (C=O) groups excluding carboxylic acids is 1. The molecule has 2 atom stereocenters. The van der Waals surface area contributed by atoms with Crippen LogP contribution in [0.25, 0.3) is 0 Å². The third-order valence-electron chi connectivity index (χ3n) is 4.14. The lowest BCUT2D eigenvalue weighted by Gasteiger charge is -2.42. The maximum atomic E-state index is 12.6. The van der Waals surface area contributed by atoms with Crippen molar-refractivity contribution in [3.8, 4) is 0 Å². The molecule has 3 nitrogen and oxygen atoms in total. The second-order valence-electron chi connectivity index (χ2n) is 5.83. The van der Waals surface area contributed by atoms with Crippen LogP contribution in [0.1, 0.15) is 46.0 Å². The van der Waals surface area contributed by atoms with E-state index >= 15 is 0 Å². The zero-order valence-corrected chi connectivity index (χ0v) is 11.2. The molecule has 1 N–H and O–H groups in total. The monoisotopic (exact) mass is 236 g/mol. The number of nitrogens with zero attached hydrogens (tertiary/aromatic N) is 1. The number of rotatable bonds is 2. The summed E-state index contributed by atoms with van der Waals surface area (Å²) in [7, 11) is 1.89. The quantitative estimate of drug-likeness (QED) is 0.745. The molecule has 0 bridgehead atoms. The Morgan fingerprint density at radius 2 is 2.18 bits per heavy atom. The fourth-order valence-corrected chi connectivity index (χ4v) is 3.16. The molecule has 1 aliphatic heterocycles. The first-order valence-electron chi connectivity index (χ1n) is 6.73. The summed E-state index contributed by atoms with van der Waals surface area (Å²) in [5.41, 5.74) is -0.0119. The molecule has 1 saturated heterocycles. The molecule has 0 aromatic heterocycles. The van der Waals surface area contributed by atoms with E-state index in [9.17, 15) is 4.79 Å². The number of likely N-dealkylation sites (tertiary alicyclic amines) is 1. The van der Waals surface area contributed by atoms with Gasteiger partial charge in [0.2, 0.25) is 5.91 Å². The van der Waals surface area contributed by atoms with Crippen LogP contribution in [-0.4, -0.2) is 35.5 Å². The third kappa shape index (κ3) is 2.39. The van der Waals surface area contributed by atoms with Gasteiger partial charge < -0.3 is 10.2 Å². The van der Waals surface area contributed by atoms with Gasteiger partial charge in [-0.15, -0.1) is 0 Å². The Balaban J connectivity index is 2.26. The van der Waals surface area contributed by atoms with Gasteiger partial charge in [-0.25, -0.2) is 0 Å². The molecular formula is C14H24N2O. The highest BCUT2D eigenvalue weighted by Crippen LogP contribution is 2.32. The van der Waals surface area contributed by atoms with Crippen molar-refractivity contribution in [1.29, 1.82) is 0 Å². The van der Waals surface area contributed by atoms with Crippen LogP contribution in [0.4, 0.5) is 0 Å². The van der Waals surface area contributed by atoms with Gasteiger partial charge in [0.1, 0.15) is 0 Å². The molecular weight excluding hydrogens is 212 g/mol. The van der Waals surface area contributed by atoms with Crippen LogP contribution >= 0.6 is 0 Å². The van der Waals surface area contributed by atoms with Gasteiger partial charge in [0, 0.05) is 5.54 Å². The Morgan fingerprint density at radius 3 is 2.76 bits per heavy atom. The lowest BCUT2D eigenvalue weighted by atomic mass is 9.95. The van der Waals surface area contributed by atoms with E-state index in [4.69, 9.17) is 0 Å². The zero-order chi connectivity index (χ0) is 12.5. The fourth-order valence-electron chi connectivity index (χ4n) is 3.16. The minimum absolute atomic E-state index is 0.00535. The van der Waals surface area contributed by atoms with Crippen LogP contribution < -0.4 is 5.32 Å². The summed E-state index contributed by atoms with van der Waals surface area (Å²) >= 11 is 0. The lowest BCUT2D eigenvalue weighted by Crippen LogP contribution is -2.55. The Morgan fingerprint density at radius 1 is 1.41 bits per heavy atom. The van der Waals surface area contributed by atoms with Crippen molar-refractivity contribution in [3.05, 3.63) is 12.2 Å². The van der Waals surface area contributed by atoms with Crippen molar-refractivity contribution < 1.29 is 4.79 Å². The smallest absolute Gasteiger partial charge is 0.240 e. The van der Waals surface area contributed by atoms with Crippen LogP contribution in [0.2, 0.25) is 0 Å². The van der Waals surface area contributed by atoms with Crippen LogP contribution in [0.3, 0.4) is 0 Å². The molecule has 17 heavy (non-hydrogen) atoms. The Hall–Kier alpha value is -0.830. The average Bonchev–Trinajstić information content (AvgIpc) is 2.73. The molecule has 2 unspecified atom stereocenters. The van der Waals surface area contributed by atoms with Crippen molar-refractivity contribution in [2.24, 2.45) is 0 Å². The molecule has 0 radical (unpaired) electrons. The minimum Gasteiger partial charge on any atom is -0.330 e. The average molecular weight is 236 g/mol. The second kappa shape index (κ2) is 4.81. The van der Waals surface area contributed by atoms with Crippen LogP contribution in [0.5, 0.6) is 0 Å². The molecule has 0 aromatic carbocycles. The molecule has 3 heteroatoms. The molecule has 0 saturated carbocycles. The minimum atomic E-state index is -0.0119. The van der Waals surface area contributed by atoms with E-state index in [-0.39, 0.29) is 17.5 Å². The molecule has 0 spiro atoms. The maximum absolute atomic E-state index is 12.6. The fraction of sp³-hybridized carbons (Fsp3) is 0.786. The summed E-state index contributed by atoms with van der Waals surface area (Å²) in [5.74, 6) is 0.284. The Bertz CT molecular complexity index is 322. The van der Waals surface area contributed by atoms with Crippen molar-refractivity contribution >= 4 is 5.91 Å². The summed E-state index contributed by atoms with van der Waals surface area (Å²) in [5, 5.41) is 3.17. The molecule has 1 fully saturated rings. The number of amides is 1. The highest BCUT2D eigenvalue weighted by Gasteiger charge is 2.40. The van der Waals surface area contributed by atoms with Gasteiger partial charge in [-0.1, -0.05) is 12.2 Å². The normalized spacial score (nSPS) is 32.9. The van der Waals surface area contributed by atoms with E-state index in [1.54, 1.807) is 0 Å². The summed E-state index contributed by atoms with van der Waals surface area (Å²) in [6.45, 7) is 4.41. The Labute approximate surface area is 104 Å². The van der Waals surface area contributed by atoms with Crippen LogP contribution in [0.15, 0.2) is 12.2 Å². The largest absolute Gasteiger partial charge is 0.330 e. The highest BCUT2D eigenvalue weighted by molar-refractivity contribution is 5.83. The third-order valence-corrected chi connectivity index (χ3v) is 4.14. The first-order chi connectivity index (χ1) is 8.06. The highest BCUT2D eigenvalue weighted by atomic mass is 16.2. The van der Waals surface area contributed by atoms with E-state index in [1.165, 1.54) is 0 Å². The lowest BCUT2D eigenvalue weighted by molar-refractivity contribution is -0.139. The van der Waals surface area contributed by atoms with Gasteiger partial charge in [0.15, 0.2) is 0 Å². The van der Waals surface area contributed by atoms with Gasteiger partial charge in [0.05, 0.1) is 12.1 Å². The molecule has 0 aromatic rings. The van der Waals surface area contributed by atoms with Gasteiger partial charge in [0.25, 0.3) is 0 Å². The topological polar surface area (TPSA) is 32.3 Å². The van der Waals surface area contributed by atoms with E-state index in [1.807, 2.05) is 7.05 Å². The predicted molar refractivity (Wildman–Crippen MR) is 69.8 cm³/mol. The molecule has 2 aliphatic rings. The number of hydrogen-bond donors (Lipinski definition) is 1. The van der Waals surface area contributed by atoms with Crippen molar-refractivity contribution in [3.63, 3.8) is 0 Å². The molecule has 1 heterocycles. The first kappa shape index (κ1) is 12.6. The molecule has 2 rings (SSSR count). The SMILES string of the molecule is CNC1CCCC(C)(C)N(C2C=CCC2)C1=O. The molecule has 1 aliphatic carbocycles. The number of nitrogens with one attached hydrogen (secondary N) is 1. The standard InChI is InChI=1S/C14H24N2O/c1-14(2)10-6-9-12(15-3)13(17)16(14)11-7-4-5-8-11/h4,7,11-12,15H,5-6,8-10H2,1-3H3. The van der Waals surface area contributed by atoms with Crippen molar-refractivity contribution in [2.45, 2.75) is 63.6 Å². The summed E-state index contributed by atoms with van der Waals surface area (Å²) in [4.78, 5) is 14.7. The first-order valence-corrected chi connectivity index (χ1v) is 6.73. The van der Waals surface area contributed by atoms with Gasteiger partial charge in [-0.05, 0) is 53.0 Å². The number of allylic oxidation sites excluding steroid dienone is 1. The van der Waals surface area contributed by atoms with E-state index < -0.39 is 0 Å². The summed E-state index contributed by atoms with van der Waals surface area (Å²) < 4.78 is 0. The van der Waals surface area contributed by atoms with Gasteiger partial charge in [-0.2, -0.15) is 0 Å². The van der Waals surface area contributed by atoms with E-state index in [0.717, 1.165) is 32.1 Å². The maximum Gasteiger partial charge on any atom is 0.240 e. The predicted octanol–water partition coefficient (Wildman–Crippen LogP) is 2.08. The zero-order valence-electron chi connectivity index (χ0n) is 11.2. The van der Waals surface area contributed by atoms with Crippen LogP contribution in [0, 0.1) is 0 Å². The van der Waals surface area contributed by atoms with Crippen molar-refractivity contribution in [1.82, 2.24) is 10.2 Å². The van der Waals surface area contributed by atoms with Crippen LogP contribution in [-0.2, 0) is 4.79 Å². The molecule has 1 amide bonds. The number of hydrogen-bond acceptors (Lipinski definition) is 2. The second-order valence-corrected chi connectivity index (χ2v) is 5.83. The Kier molecular flexibility index (Phi) is 3.57. The van der Waals surface area contributed by atoms with Gasteiger partial charge in [-0.3, -0.25) is 4.79 Å². The van der Waals surface area contributed by atoms with Gasteiger partial charge >= 0.3 is 0 Å².